The molecule has 2 saturated carbocycles. The summed E-state index contributed by atoms with van der Waals surface area (Å²) >= 11 is 12.7. The van der Waals surface area contributed by atoms with Crippen LogP contribution in [0.5, 0.6) is 0 Å². The first-order chi connectivity index (χ1) is 42.7. The predicted molar refractivity (Wildman–Crippen MR) is 334 cm³/mol. The van der Waals surface area contributed by atoms with Crippen molar-refractivity contribution in [3.05, 3.63) is 69.2 Å². The van der Waals surface area contributed by atoms with E-state index in [-0.39, 0.29) is 68.0 Å². The fraction of sp³-hybridized carbons (Fsp3) is 0.641. The second-order valence-electron chi connectivity index (χ2n) is 25.3. The molecule has 0 radical (unpaired) electrons. The van der Waals surface area contributed by atoms with Crippen molar-refractivity contribution >= 4 is 88.2 Å². The molecule has 1 spiro atoms. The van der Waals surface area contributed by atoms with Gasteiger partial charge in [-0.1, -0.05) is 93.4 Å². The molecule has 4 fully saturated rings. The van der Waals surface area contributed by atoms with Crippen molar-refractivity contribution in [1.29, 1.82) is 0 Å². The molecule has 502 valence electrons. The molecule has 2 aromatic carbocycles. The lowest BCUT2D eigenvalue weighted by Crippen LogP contribution is -2.64. The van der Waals surface area contributed by atoms with Crippen LogP contribution in [-0.4, -0.2) is 215 Å². The fourth-order valence-electron chi connectivity index (χ4n) is 12.7. The Morgan fingerprint density at radius 2 is 1.25 bits per heavy atom. The van der Waals surface area contributed by atoms with E-state index in [1.165, 1.54) is 76.9 Å². The van der Waals surface area contributed by atoms with Crippen LogP contribution in [0, 0.1) is 11.8 Å². The van der Waals surface area contributed by atoms with Gasteiger partial charge in [-0.25, -0.2) is 0 Å². The van der Waals surface area contributed by atoms with Crippen LogP contribution in [-0.2, 0) is 71.8 Å². The normalized spacial score (nSPS) is 26.7. The van der Waals surface area contributed by atoms with E-state index in [1.54, 1.807) is 38.1 Å². The van der Waals surface area contributed by atoms with Gasteiger partial charge in [0.25, 0.3) is 0 Å². The van der Waals surface area contributed by atoms with E-state index >= 15 is 9.59 Å². The van der Waals surface area contributed by atoms with E-state index in [0.29, 0.717) is 44.1 Å². The van der Waals surface area contributed by atoms with Gasteiger partial charge in [0.2, 0.25) is 65.0 Å². The van der Waals surface area contributed by atoms with Crippen LogP contribution in [0.1, 0.15) is 135 Å². The summed E-state index contributed by atoms with van der Waals surface area (Å²) in [5.74, 6) is -7.99. The minimum atomic E-state index is -4.76. The molecule has 91 heavy (non-hydrogen) atoms. The quantitative estimate of drug-likeness (QED) is 0.274. The third-order valence-corrected chi connectivity index (χ3v) is 19.6. The highest BCUT2D eigenvalue weighted by Crippen LogP contribution is 2.38. The van der Waals surface area contributed by atoms with Gasteiger partial charge in [-0.05, 0) is 113 Å². The minimum Gasteiger partial charge on any atom is -0.351 e. The number of alkyl halides is 3. The first-order valence-corrected chi connectivity index (χ1v) is 32.2. The van der Waals surface area contributed by atoms with Gasteiger partial charge in [0.05, 0.1) is 23.7 Å². The molecule has 22 nitrogen and oxygen atoms in total. The van der Waals surface area contributed by atoms with Crippen molar-refractivity contribution in [1.82, 2.24) is 55.6 Å². The van der Waals surface area contributed by atoms with Crippen molar-refractivity contribution in [2.24, 2.45) is 11.8 Å². The van der Waals surface area contributed by atoms with Gasteiger partial charge in [-0.2, -0.15) is 13.2 Å². The third-order valence-electron chi connectivity index (χ3n) is 19.0. The van der Waals surface area contributed by atoms with Crippen molar-refractivity contribution in [3.63, 3.8) is 0 Å². The maximum absolute atomic E-state index is 15.2. The number of amides is 11. The topological polar surface area (TPSA) is 259 Å². The van der Waals surface area contributed by atoms with E-state index in [0.717, 1.165) is 44.6 Å². The third kappa shape index (κ3) is 17.8. The molecular formula is C64H90Cl2F3N11O11. The zero-order valence-corrected chi connectivity index (χ0v) is 55.6. The van der Waals surface area contributed by atoms with Crippen LogP contribution < -0.4 is 21.3 Å². The van der Waals surface area contributed by atoms with Crippen LogP contribution in [0.2, 0.25) is 10.0 Å². The van der Waals surface area contributed by atoms with Crippen LogP contribution in [0.25, 0.3) is 0 Å². The van der Waals surface area contributed by atoms with Gasteiger partial charge in [0.1, 0.15) is 47.8 Å². The first-order valence-electron chi connectivity index (χ1n) is 31.4. The molecule has 2 saturated heterocycles. The highest BCUT2D eigenvalue weighted by molar-refractivity contribution is 6.31. The number of rotatable bonds is 8. The molecule has 2 aliphatic heterocycles. The van der Waals surface area contributed by atoms with Crippen LogP contribution in [0.3, 0.4) is 0 Å². The minimum absolute atomic E-state index is 0.0368. The lowest BCUT2D eigenvalue weighted by atomic mass is 9.90. The molecule has 9 atom stereocenters. The van der Waals surface area contributed by atoms with Gasteiger partial charge in [-0.15, -0.1) is 0 Å². The molecule has 0 aromatic heterocycles. The molecule has 4 N–H and O–H groups in total. The largest absolute Gasteiger partial charge is 0.417 e. The molecule has 4 aliphatic rings. The Kier molecular flexibility index (Phi) is 25.3. The van der Waals surface area contributed by atoms with Gasteiger partial charge in [-0.3, -0.25) is 52.7 Å². The SMILES string of the molecule is CC[C@H](C)[C@@H]1NC(=O)[C@H](C)N(C)C(=O)C[C@@H](C)NC(=O)[C@H](C2CCCC2)N(C)C(=O)C2(CCCC2)NC(=O)[C@@H]2CCCN2C(=O)[C@H](CCc2ccc(C(F)(F)F)c(Cl)c2)NC(=O)[C@@H](C)N(C)C(=O)[C@H](Cc2ccccc2Cl)N(C)C(=O)CN(C)C(=O)CN(C)C1=O. The number of carbonyl (C=O) groups excluding carboxylic acids is 11. The number of carbonyl (C=O) groups is 11. The number of hydrogen-bond donors (Lipinski definition) is 4. The van der Waals surface area contributed by atoms with Crippen LogP contribution in [0.4, 0.5) is 13.2 Å². The average Bonchev–Trinajstić information content (AvgIpc) is 2.44. The van der Waals surface area contributed by atoms with E-state index in [2.05, 4.69) is 21.3 Å². The lowest BCUT2D eigenvalue weighted by Gasteiger charge is -2.40. The van der Waals surface area contributed by atoms with Crippen LogP contribution >= 0.6 is 23.2 Å². The molecule has 2 heterocycles. The maximum Gasteiger partial charge on any atom is 0.417 e. The number of hydrogen-bond acceptors (Lipinski definition) is 11. The fourth-order valence-corrected chi connectivity index (χ4v) is 13.2. The Morgan fingerprint density at radius 1 is 0.637 bits per heavy atom. The predicted octanol–water partition coefficient (Wildman–Crippen LogP) is 4.99. The molecule has 27 heteroatoms. The number of fused-ring (bicyclic) bond motifs is 1. The Morgan fingerprint density at radius 3 is 1.87 bits per heavy atom. The summed E-state index contributed by atoms with van der Waals surface area (Å²) in [5, 5.41) is 11.2. The number of likely N-dealkylation sites (N-methyl/N-ethyl adjacent to an activating group) is 6. The molecule has 11 amide bonds. The number of nitrogens with zero attached hydrogens (tertiary/aromatic N) is 7. The zero-order valence-electron chi connectivity index (χ0n) is 54.1. The van der Waals surface area contributed by atoms with Crippen LogP contribution in [0.15, 0.2) is 42.5 Å². The molecular weight excluding hydrogens is 1230 g/mol. The summed E-state index contributed by atoms with van der Waals surface area (Å²) in [4.78, 5) is 168. The van der Waals surface area contributed by atoms with Crippen molar-refractivity contribution in [2.45, 2.75) is 191 Å². The second-order valence-corrected chi connectivity index (χ2v) is 26.2. The maximum atomic E-state index is 15.2. The Bertz CT molecular complexity index is 3040. The van der Waals surface area contributed by atoms with E-state index in [4.69, 9.17) is 23.2 Å². The average molecular weight is 1320 g/mol. The smallest absolute Gasteiger partial charge is 0.351 e. The monoisotopic (exact) mass is 1320 g/mol. The highest BCUT2D eigenvalue weighted by atomic mass is 35.5. The van der Waals surface area contributed by atoms with E-state index < -0.39 is 155 Å². The first kappa shape index (κ1) is 73.0. The summed E-state index contributed by atoms with van der Waals surface area (Å²) in [6, 6.07) is 0.270. The molecule has 2 aromatic rings. The summed E-state index contributed by atoms with van der Waals surface area (Å²) in [6.45, 7) is 6.97. The summed E-state index contributed by atoms with van der Waals surface area (Å²) in [7, 11) is 8.30. The van der Waals surface area contributed by atoms with Gasteiger partial charge < -0.3 is 55.6 Å². The molecule has 2 aliphatic carbocycles. The van der Waals surface area contributed by atoms with Crippen molar-refractivity contribution in [3.8, 4) is 0 Å². The Hall–Kier alpha value is -7.02. The van der Waals surface area contributed by atoms with Crippen molar-refractivity contribution in [2.75, 3.05) is 61.9 Å². The number of aryl methyl sites for hydroxylation is 1. The lowest BCUT2D eigenvalue weighted by molar-refractivity contribution is -0.150. The van der Waals surface area contributed by atoms with Gasteiger partial charge >= 0.3 is 6.18 Å². The van der Waals surface area contributed by atoms with E-state index in [9.17, 15) is 56.3 Å². The van der Waals surface area contributed by atoms with Gasteiger partial charge in [0, 0.05) is 72.7 Å². The van der Waals surface area contributed by atoms with Gasteiger partial charge in [0.15, 0.2) is 0 Å². The summed E-state index contributed by atoms with van der Waals surface area (Å²) < 4.78 is 41.4. The molecule has 0 unspecified atom stereocenters. The number of halogens is 5. The summed E-state index contributed by atoms with van der Waals surface area (Å²) in [5.41, 5.74) is -1.84. The second kappa shape index (κ2) is 31.5. The molecule has 0 bridgehead atoms. The number of nitrogens with one attached hydrogen (secondary N) is 4. The van der Waals surface area contributed by atoms with Crippen molar-refractivity contribution < 1.29 is 65.9 Å². The zero-order chi connectivity index (χ0) is 67.6. The highest BCUT2D eigenvalue weighted by Gasteiger charge is 2.50. The molecule has 6 rings (SSSR count). The Balaban J connectivity index is 1.38. The number of benzene rings is 2. The van der Waals surface area contributed by atoms with E-state index in [1.807, 2.05) is 6.92 Å². The summed E-state index contributed by atoms with van der Waals surface area (Å²) in [6.07, 6.45) is -0.224. The standard InChI is InChI=1S/C64H90Cl2F3N11O11/c1-12-37(2)53-61(90)75(7)35-51(82)74(6)36-52(83)78(10)49(34-43-22-15-16-23-45(43)65)60(89)77(9)40(5)55(84)71-47(28-26-41-25-27-44(46(66)33-41)64(67,68)69)59(88)80-31-19-24-48(80)57(86)73-63(29-17-18-30-63)62(91)79(11)54(42-20-13-14-21-42)58(87)70-38(3)32-50(81)76(8)39(4)56(85)72-53/h15-16,22-23,25,27,33,37-40,42,47-49,53-54H,12-14,17-21,24,26,28-32,34-36H2,1-11H3,(H,70,87)(H,71,84)(H,72,85)(H,73,86)/t37-,38+,39-,40+,47-,48-,49-,53-,54-/m0/s1. The Labute approximate surface area is 541 Å².